The molecule has 0 saturated carbocycles. The third kappa shape index (κ3) is 7.31. The highest BCUT2D eigenvalue weighted by Crippen LogP contribution is 2.17. The topological polar surface area (TPSA) is 117 Å². The molecule has 1 aliphatic rings. The molecule has 3 atom stereocenters. The largest absolute Gasteiger partial charge is 0.458 e. The lowest BCUT2D eigenvalue weighted by molar-refractivity contribution is -0.158. The van der Waals surface area contributed by atoms with Crippen LogP contribution in [0.1, 0.15) is 32.8 Å². The third-order valence-corrected chi connectivity index (χ3v) is 4.37. The highest BCUT2D eigenvalue weighted by molar-refractivity contribution is 5.88. The molecular formula is C21H31N3O6. The van der Waals surface area contributed by atoms with Crippen molar-refractivity contribution in [2.24, 2.45) is 0 Å². The molecule has 2 amide bonds. The Bertz CT molecular complexity index is 757. The summed E-state index contributed by atoms with van der Waals surface area (Å²) < 4.78 is 10.6. The molecular weight excluding hydrogens is 390 g/mol. The lowest BCUT2D eigenvalue weighted by Crippen LogP contribution is -2.50. The fraction of sp³-hybridized carbons (Fsp3) is 0.571. The quantitative estimate of drug-likeness (QED) is 0.583. The molecule has 0 aliphatic carbocycles. The number of aliphatic hydroxyl groups is 1. The van der Waals surface area contributed by atoms with E-state index in [0.717, 1.165) is 5.56 Å². The monoisotopic (exact) mass is 421 g/mol. The highest BCUT2D eigenvalue weighted by Gasteiger charge is 2.32. The molecule has 0 radical (unpaired) electrons. The van der Waals surface area contributed by atoms with Gasteiger partial charge >= 0.3 is 12.1 Å². The van der Waals surface area contributed by atoms with Gasteiger partial charge in [-0.05, 0) is 44.9 Å². The molecule has 166 valence electrons. The minimum absolute atomic E-state index is 0.206. The molecule has 0 bridgehead atoms. The summed E-state index contributed by atoms with van der Waals surface area (Å²) in [5.74, 6) is -0.532. The van der Waals surface area contributed by atoms with E-state index in [2.05, 4.69) is 10.6 Å². The van der Waals surface area contributed by atoms with E-state index in [1.165, 1.54) is 4.90 Å². The van der Waals surface area contributed by atoms with Gasteiger partial charge in [-0.3, -0.25) is 4.79 Å². The number of hydrogen-bond donors (Lipinski definition) is 3. The first-order chi connectivity index (χ1) is 13.9. The summed E-state index contributed by atoms with van der Waals surface area (Å²) in [4.78, 5) is 38.2. The molecule has 9 heteroatoms. The first-order valence-electron chi connectivity index (χ1n) is 9.87. The molecule has 1 heterocycles. The van der Waals surface area contributed by atoms with Crippen LogP contribution in [-0.4, -0.2) is 72.4 Å². The van der Waals surface area contributed by atoms with Gasteiger partial charge in [-0.25, -0.2) is 9.59 Å². The molecule has 1 fully saturated rings. The molecule has 0 spiro atoms. The van der Waals surface area contributed by atoms with E-state index in [1.807, 2.05) is 0 Å². The van der Waals surface area contributed by atoms with Gasteiger partial charge in [0.05, 0.1) is 12.1 Å². The molecule has 1 aliphatic heterocycles. The van der Waals surface area contributed by atoms with Crippen molar-refractivity contribution in [3.8, 4) is 5.75 Å². The number of rotatable bonds is 6. The average Bonchev–Trinajstić information content (AvgIpc) is 3.07. The number of carbonyl (C=O) groups excluding carboxylic acids is 3. The van der Waals surface area contributed by atoms with E-state index in [0.29, 0.717) is 18.7 Å². The number of esters is 1. The fourth-order valence-corrected chi connectivity index (χ4v) is 2.88. The smallest absolute Gasteiger partial charge is 0.414 e. The zero-order valence-corrected chi connectivity index (χ0v) is 18.1. The Morgan fingerprint density at radius 2 is 1.87 bits per heavy atom. The molecule has 3 N–H and O–H groups in total. The first kappa shape index (κ1) is 23.6. The molecule has 9 nitrogen and oxygen atoms in total. The lowest BCUT2D eigenvalue weighted by Gasteiger charge is -2.25. The minimum atomic E-state index is -0.897. The SMILES string of the molecule is CN(C)C(=O)Oc1ccc(C[C@H](NC(=O)[C@@H]2CC(O)CN2)C(=O)OC(C)(C)C)cc1. The summed E-state index contributed by atoms with van der Waals surface area (Å²) in [5.41, 5.74) is 0.0572. The van der Waals surface area contributed by atoms with E-state index < -0.39 is 35.9 Å². The number of nitrogens with zero attached hydrogens (tertiary/aromatic N) is 1. The number of β-amino-alcohol motifs (C(OH)–C–C–N with tert-alkyl or cyclic N) is 1. The molecule has 2 rings (SSSR count). The maximum Gasteiger partial charge on any atom is 0.414 e. The number of nitrogens with one attached hydrogen (secondary N) is 2. The second kappa shape index (κ2) is 9.90. The van der Waals surface area contributed by atoms with Gasteiger partial charge in [-0.2, -0.15) is 0 Å². The van der Waals surface area contributed by atoms with Gasteiger partial charge < -0.3 is 30.1 Å². The summed E-state index contributed by atoms with van der Waals surface area (Å²) in [6.45, 7) is 5.61. The van der Waals surface area contributed by atoms with Crippen molar-refractivity contribution in [1.29, 1.82) is 0 Å². The van der Waals surface area contributed by atoms with Crippen molar-refractivity contribution in [3.05, 3.63) is 29.8 Å². The number of carbonyl (C=O) groups is 3. The number of benzene rings is 1. The Balaban J connectivity index is 2.09. The van der Waals surface area contributed by atoms with Crippen LogP contribution in [0, 0.1) is 0 Å². The van der Waals surface area contributed by atoms with Gasteiger partial charge in [0.2, 0.25) is 5.91 Å². The summed E-state index contributed by atoms with van der Waals surface area (Å²) in [7, 11) is 3.17. The molecule has 1 saturated heterocycles. The Morgan fingerprint density at radius 3 is 2.37 bits per heavy atom. The number of aliphatic hydroxyl groups excluding tert-OH is 1. The van der Waals surface area contributed by atoms with Gasteiger partial charge in [0.1, 0.15) is 17.4 Å². The zero-order chi connectivity index (χ0) is 22.5. The number of hydrogen-bond acceptors (Lipinski definition) is 7. The predicted molar refractivity (Wildman–Crippen MR) is 110 cm³/mol. The van der Waals surface area contributed by atoms with Gasteiger partial charge in [0.25, 0.3) is 0 Å². The number of ether oxygens (including phenoxy) is 2. The average molecular weight is 421 g/mol. The van der Waals surface area contributed by atoms with E-state index in [-0.39, 0.29) is 12.3 Å². The predicted octanol–water partition coefficient (Wildman–Crippen LogP) is 0.839. The van der Waals surface area contributed by atoms with Crippen LogP contribution in [0.25, 0.3) is 0 Å². The summed E-state index contributed by atoms with van der Waals surface area (Å²) in [6, 6.07) is 5.24. The highest BCUT2D eigenvalue weighted by atomic mass is 16.6. The maximum absolute atomic E-state index is 12.7. The summed E-state index contributed by atoms with van der Waals surface area (Å²) in [6.07, 6.45) is -0.581. The molecule has 30 heavy (non-hydrogen) atoms. The van der Waals surface area contributed by atoms with Crippen molar-refractivity contribution < 1.29 is 29.0 Å². The van der Waals surface area contributed by atoms with E-state index in [1.54, 1.807) is 59.1 Å². The van der Waals surface area contributed by atoms with Gasteiger partial charge in [0, 0.05) is 27.1 Å². The molecule has 1 aromatic carbocycles. The second-order valence-corrected chi connectivity index (χ2v) is 8.56. The molecule has 1 unspecified atom stereocenters. The standard InChI is InChI=1S/C21H31N3O6/c1-21(2,3)30-19(27)17(23-18(26)16-11-14(25)12-22-16)10-13-6-8-15(9-7-13)29-20(28)24(4)5/h6-9,14,16-17,22,25H,10-12H2,1-5H3,(H,23,26)/t14?,16-,17-/m0/s1. The number of amides is 2. The van der Waals surface area contributed by atoms with Gasteiger partial charge in [0.15, 0.2) is 0 Å². The van der Waals surface area contributed by atoms with Crippen LogP contribution in [0.3, 0.4) is 0 Å². The van der Waals surface area contributed by atoms with Crippen LogP contribution in [-0.2, 0) is 20.7 Å². The molecule has 1 aromatic rings. The van der Waals surface area contributed by atoms with Crippen molar-refractivity contribution in [1.82, 2.24) is 15.5 Å². The van der Waals surface area contributed by atoms with Crippen molar-refractivity contribution >= 4 is 18.0 Å². The van der Waals surface area contributed by atoms with Crippen molar-refractivity contribution in [2.45, 2.75) is 57.4 Å². The maximum atomic E-state index is 12.7. The Kier molecular flexibility index (Phi) is 7.80. The summed E-state index contributed by atoms with van der Waals surface area (Å²) >= 11 is 0. The third-order valence-electron chi connectivity index (χ3n) is 4.37. The summed E-state index contributed by atoms with van der Waals surface area (Å²) in [5, 5.41) is 15.3. The first-order valence-corrected chi connectivity index (χ1v) is 9.87. The van der Waals surface area contributed by atoms with E-state index in [9.17, 15) is 19.5 Å². The van der Waals surface area contributed by atoms with Crippen LogP contribution < -0.4 is 15.4 Å². The Morgan fingerprint density at radius 1 is 1.23 bits per heavy atom. The van der Waals surface area contributed by atoms with Crippen LogP contribution in [0.15, 0.2) is 24.3 Å². The minimum Gasteiger partial charge on any atom is -0.458 e. The van der Waals surface area contributed by atoms with Crippen LogP contribution >= 0.6 is 0 Å². The van der Waals surface area contributed by atoms with Gasteiger partial charge in [-0.15, -0.1) is 0 Å². The van der Waals surface area contributed by atoms with Gasteiger partial charge in [-0.1, -0.05) is 12.1 Å². The zero-order valence-electron chi connectivity index (χ0n) is 18.1. The van der Waals surface area contributed by atoms with Crippen molar-refractivity contribution in [3.63, 3.8) is 0 Å². The lowest BCUT2D eigenvalue weighted by atomic mass is 10.0. The fourth-order valence-electron chi connectivity index (χ4n) is 2.88. The molecule has 0 aromatic heterocycles. The van der Waals surface area contributed by atoms with Crippen LogP contribution in [0.5, 0.6) is 5.75 Å². The van der Waals surface area contributed by atoms with Crippen LogP contribution in [0.2, 0.25) is 0 Å². The van der Waals surface area contributed by atoms with Crippen LogP contribution in [0.4, 0.5) is 4.79 Å². The van der Waals surface area contributed by atoms with E-state index in [4.69, 9.17) is 9.47 Å². The van der Waals surface area contributed by atoms with Crippen molar-refractivity contribution in [2.75, 3.05) is 20.6 Å². The Hall–Kier alpha value is -2.65. The Labute approximate surface area is 176 Å². The normalized spacial score (nSPS) is 19.7. The second-order valence-electron chi connectivity index (χ2n) is 8.56. The van der Waals surface area contributed by atoms with E-state index >= 15 is 0 Å².